The topological polar surface area (TPSA) is 58.6 Å². The van der Waals surface area contributed by atoms with Gasteiger partial charge in [0.2, 0.25) is 5.91 Å². The zero-order chi connectivity index (χ0) is 11.8. The van der Waals surface area contributed by atoms with E-state index in [1.807, 2.05) is 0 Å². The Morgan fingerprint density at radius 1 is 1.56 bits per heavy atom. The largest absolute Gasteiger partial charge is 0.393 e. The van der Waals surface area contributed by atoms with Gasteiger partial charge in [-0.1, -0.05) is 0 Å². The maximum atomic E-state index is 11.3. The van der Waals surface area contributed by atoms with E-state index in [2.05, 4.69) is 5.32 Å². The minimum absolute atomic E-state index is 0.0247. The zero-order valence-electron chi connectivity index (χ0n) is 10.1. The van der Waals surface area contributed by atoms with Crippen LogP contribution in [0.2, 0.25) is 0 Å². The van der Waals surface area contributed by atoms with Gasteiger partial charge >= 0.3 is 0 Å². The number of ether oxygens (including phenoxy) is 1. The lowest BCUT2D eigenvalue weighted by Gasteiger charge is -2.22. The number of amides is 1. The molecule has 16 heavy (non-hydrogen) atoms. The van der Waals surface area contributed by atoms with Gasteiger partial charge in [-0.2, -0.15) is 0 Å². The van der Waals surface area contributed by atoms with Crippen LogP contribution in [0.25, 0.3) is 0 Å². The highest BCUT2D eigenvalue weighted by molar-refractivity contribution is 5.75. The summed E-state index contributed by atoms with van der Waals surface area (Å²) in [5.74, 6) is 0.0247. The van der Waals surface area contributed by atoms with Crippen LogP contribution in [0, 0.1) is 0 Å². The normalized spacial score (nSPS) is 22.8. The fraction of sp³-hybridized carbons (Fsp3) is 0.917. The third-order valence-corrected chi connectivity index (χ3v) is 2.85. The van der Waals surface area contributed by atoms with E-state index in [1.165, 1.54) is 6.42 Å². The summed E-state index contributed by atoms with van der Waals surface area (Å²) in [7, 11) is 0. The molecular weight excluding hydrogens is 206 g/mol. The van der Waals surface area contributed by atoms with Crippen molar-refractivity contribution in [2.45, 2.75) is 57.7 Å². The van der Waals surface area contributed by atoms with Gasteiger partial charge in [-0.15, -0.1) is 0 Å². The average molecular weight is 229 g/mol. The SMILES string of the molecule is CC(O)CCC(=O)NCCC1CCCCO1. The standard InChI is InChI=1S/C12H23NO3/c1-10(14)5-6-12(15)13-8-7-11-4-2-3-9-16-11/h10-11,14H,2-9H2,1H3,(H,13,15). The van der Waals surface area contributed by atoms with Crippen LogP contribution in [-0.4, -0.2) is 36.4 Å². The predicted molar refractivity (Wildman–Crippen MR) is 62.1 cm³/mol. The molecule has 1 rings (SSSR count). The van der Waals surface area contributed by atoms with Gasteiger partial charge in [0.05, 0.1) is 12.2 Å². The van der Waals surface area contributed by atoms with Gasteiger partial charge in [0.25, 0.3) is 0 Å². The number of rotatable bonds is 6. The Bertz CT molecular complexity index is 200. The van der Waals surface area contributed by atoms with Crippen LogP contribution in [-0.2, 0) is 9.53 Å². The highest BCUT2D eigenvalue weighted by Crippen LogP contribution is 2.14. The number of hydrogen-bond acceptors (Lipinski definition) is 3. The molecule has 1 aliphatic rings. The van der Waals surface area contributed by atoms with Gasteiger partial charge < -0.3 is 15.2 Å². The quantitative estimate of drug-likeness (QED) is 0.720. The van der Waals surface area contributed by atoms with Crippen molar-refractivity contribution in [1.82, 2.24) is 5.32 Å². The van der Waals surface area contributed by atoms with E-state index in [0.29, 0.717) is 25.5 Å². The van der Waals surface area contributed by atoms with Gasteiger partial charge in [0.1, 0.15) is 0 Å². The Balaban J connectivity index is 1.99. The molecule has 1 saturated heterocycles. The van der Waals surface area contributed by atoms with Crippen LogP contribution >= 0.6 is 0 Å². The molecule has 0 aromatic carbocycles. The minimum Gasteiger partial charge on any atom is -0.393 e. The Labute approximate surface area is 97.4 Å². The van der Waals surface area contributed by atoms with Crippen molar-refractivity contribution in [3.05, 3.63) is 0 Å². The summed E-state index contributed by atoms with van der Waals surface area (Å²) in [5, 5.41) is 11.9. The molecule has 1 heterocycles. The van der Waals surface area contributed by atoms with Crippen LogP contribution in [0.4, 0.5) is 0 Å². The lowest BCUT2D eigenvalue weighted by atomic mass is 10.1. The Hall–Kier alpha value is -0.610. The molecule has 2 unspecified atom stereocenters. The third kappa shape index (κ3) is 6.08. The Morgan fingerprint density at radius 3 is 3.00 bits per heavy atom. The first-order valence-corrected chi connectivity index (χ1v) is 6.25. The van der Waals surface area contributed by atoms with Crippen molar-refractivity contribution in [2.24, 2.45) is 0 Å². The maximum absolute atomic E-state index is 11.3. The van der Waals surface area contributed by atoms with E-state index in [0.717, 1.165) is 25.9 Å². The van der Waals surface area contributed by atoms with Gasteiger partial charge in [0, 0.05) is 19.6 Å². The lowest BCUT2D eigenvalue weighted by Crippen LogP contribution is -2.29. The lowest BCUT2D eigenvalue weighted by molar-refractivity contribution is -0.121. The molecule has 1 fully saturated rings. The van der Waals surface area contributed by atoms with Crippen LogP contribution < -0.4 is 5.32 Å². The van der Waals surface area contributed by atoms with Crippen molar-refractivity contribution < 1.29 is 14.6 Å². The third-order valence-electron chi connectivity index (χ3n) is 2.85. The van der Waals surface area contributed by atoms with Crippen LogP contribution in [0.1, 0.15) is 45.4 Å². The molecule has 0 saturated carbocycles. The number of hydrogen-bond donors (Lipinski definition) is 2. The van der Waals surface area contributed by atoms with Crippen LogP contribution in [0.15, 0.2) is 0 Å². The van der Waals surface area contributed by atoms with Gasteiger partial charge in [-0.3, -0.25) is 4.79 Å². The summed E-state index contributed by atoms with van der Waals surface area (Å²) in [6, 6.07) is 0. The highest BCUT2D eigenvalue weighted by atomic mass is 16.5. The number of aliphatic hydroxyl groups excluding tert-OH is 1. The highest BCUT2D eigenvalue weighted by Gasteiger charge is 2.13. The van der Waals surface area contributed by atoms with Crippen molar-refractivity contribution in [3.63, 3.8) is 0 Å². The average Bonchev–Trinajstić information content (AvgIpc) is 2.28. The molecular formula is C12H23NO3. The molecule has 4 nitrogen and oxygen atoms in total. The molecule has 0 aromatic heterocycles. The summed E-state index contributed by atoms with van der Waals surface area (Å²) in [6.07, 6.45) is 5.29. The Kier molecular flexibility index (Phi) is 6.42. The number of nitrogens with one attached hydrogen (secondary N) is 1. The zero-order valence-corrected chi connectivity index (χ0v) is 10.1. The molecule has 94 valence electrons. The molecule has 0 bridgehead atoms. The Morgan fingerprint density at radius 2 is 2.38 bits per heavy atom. The van der Waals surface area contributed by atoms with E-state index in [-0.39, 0.29) is 5.91 Å². The first kappa shape index (κ1) is 13.5. The van der Waals surface area contributed by atoms with E-state index in [4.69, 9.17) is 9.84 Å². The first-order chi connectivity index (χ1) is 7.68. The van der Waals surface area contributed by atoms with E-state index < -0.39 is 6.10 Å². The fourth-order valence-corrected chi connectivity index (χ4v) is 1.84. The first-order valence-electron chi connectivity index (χ1n) is 6.25. The number of aliphatic hydroxyl groups is 1. The second kappa shape index (κ2) is 7.63. The molecule has 4 heteroatoms. The molecule has 0 spiro atoms. The van der Waals surface area contributed by atoms with Crippen LogP contribution in [0.5, 0.6) is 0 Å². The number of carbonyl (C=O) groups excluding carboxylic acids is 1. The molecule has 0 aliphatic carbocycles. The summed E-state index contributed by atoms with van der Waals surface area (Å²) in [5.41, 5.74) is 0. The van der Waals surface area contributed by atoms with E-state index >= 15 is 0 Å². The molecule has 0 aromatic rings. The minimum atomic E-state index is -0.396. The molecule has 2 atom stereocenters. The summed E-state index contributed by atoms with van der Waals surface area (Å²) < 4.78 is 5.57. The monoisotopic (exact) mass is 229 g/mol. The summed E-state index contributed by atoms with van der Waals surface area (Å²) in [4.78, 5) is 11.3. The van der Waals surface area contributed by atoms with Crippen molar-refractivity contribution in [2.75, 3.05) is 13.2 Å². The molecule has 2 N–H and O–H groups in total. The van der Waals surface area contributed by atoms with Gasteiger partial charge in [-0.05, 0) is 39.0 Å². The van der Waals surface area contributed by atoms with Crippen molar-refractivity contribution >= 4 is 5.91 Å². The fourth-order valence-electron chi connectivity index (χ4n) is 1.84. The van der Waals surface area contributed by atoms with Crippen molar-refractivity contribution in [3.8, 4) is 0 Å². The van der Waals surface area contributed by atoms with E-state index in [9.17, 15) is 4.79 Å². The smallest absolute Gasteiger partial charge is 0.220 e. The molecule has 1 aliphatic heterocycles. The second-order valence-corrected chi connectivity index (χ2v) is 4.51. The maximum Gasteiger partial charge on any atom is 0.220 e. The van der Waals surface area contributed by atoms with Gasteiger partial charge in [-0.25, -0.2) is 0 Å². The van der Waals surface area contributed by atoms with Gasteiger partial charge in [0.15, 0.2) is 0 Å². The van der Waals surface area contributed by atoms with E-state index in [1.54, 1.807) is 6.92 Å². The summed E-state index contributed by atoms with van der Waals surface area (Å²) in [6.45, 7) is 3.24. The summed E-state index contributed by atoms with van der Waals surface area (Å²) >= 11 is 0. The second-order valence-electron chi connectivity index (χ2n) is 4.51. The number of carbonyl (C=O) groups is 1. The molecule has 0 radical (unpaired) electrons. The predicted octanol–water partition coefficient (Wildman–Crippen LogP) is 1.22. The molecule has 1 amide bonds. The van der Waals surface area contributed by atoms with Crippen LogP contribution in [0.3, 0.4) is 0 Å². The van der Waals surface area contributed by atoms with Crippen molar-refractivity contribution in [1.29, 1.82) is 0 Å².